The molecule has 1 aliphatic rings. The first kappa shape index (κ1) is 7.90. The molecule has 0 radical (unpaired) electrons. The van der Waals surface area contributed by atoms with Gasteiger partial charge >= 0.3 is 0 Å². The predicted molar refractivity (Wildman–Crippen MR) is 46.4 cm³/mol. The zero-order valence-electron chi connectivity index (χ0n) is 6.34. The van der Waals surface area contributed by atoms with Crippen molar-refractivity contribution in [2.24, 2.45) is 10.9 Å². The second-order valence-corrected chi connectivity index (χ2v) is 3.23. The van der Waals surface area contributed by atoms with Gasteiger partial charge in [-0.1, -0.05) is 19.8 Å². The maximum absolute atomic E-state index is 4.57. The molecule has 2 atom stereocenters. The Morgan fingerprint density at radius 3 is 2.70 bits per heavy atom. The summed E-state index contributed by atoms with van der Waals surface area (Å²) in [4.78, 5) is 4.13. The lowest BCUT2D eigenvalue weighted by molar-refractivity contribution is 0.334. The molecule has 2 unspecified atom stereocenters. The van der Waals surface area contributed by atoms with Gasteiger partial charge in [0.15, 0.2) is 0 Å². The SMILES string of the molecule is CC1CCCCC1N=C=S. The lowest BCUT2D eigenvalue weighted by atomic mass is 9.86. The molecule has 0 aromatic heterocycles. The normalized spacial score (nSPS) is 32.9. The van der Waals surface area contributed by atoms with Crippen LogP contribution in [-0.4, -0.2) is 11.2 Å². The van der Waals surface area contributed by atoms with Gasteiger partial charge in [0.25, 0.3) is 0 Å². The van der Waals surface area contributed by atoms with Gasteiger partial charge in [0.05, 0.1) is 11.2 Å². The maximum Gasteiger partial charge on any atom is 0.0628 e. The molecular weight excluding hydrogens is 142 g/mol. The molecule has 2 heteroatoms. The highest BCUT2D eigenvalue weighted by Crippen LogP contribution is 2.25. The second kappa shape index (κ2) is 3.85. The van der Waals surface area contributed by atoms with E-state index in [-0.39, 0.29) is 0 Å². The quantitative estimate of drug-likeness (QED) is 0.419. The van der Waals surface area contributed by atoms with Gasteiger partial charge in [-0.25, -0.2) is 4.99 Å². The highest BCUT2D eigenvalue weighted by atomic mass is 32.1. The third-order valence-electron chi connectivity index (χ3n) is 2.28. The Balaban J connectivity index is 2.47. The molecule has 0 saturated heterocycles. The Bertz CT molecular complexity index is 149. The van der Waals surface area contributed by atoms with Gasteiger partial charge in [0, 0.05) is 0 Å². The minimum Gasteiger partial charge on any atom is -0.229 e. The summed E-state index contributed by atoms with van der Waals surface area (Å²) in [5, 5.41) is 2.48. The predicted octanol–water partition coefficient (Wildman–Crippen LogP) is 2.67. The molecule has 0 N–H and O–H groups in total. The van der Waals surface area contributed by atoms with Gasteiger partial charge in [-0.05, 0) is 31.0 Å². The van der Waals surface area contributed by atoms with E-state index < -0.39 is 0 Å². The second-order valence-electron chi connectivity index (χ2n) is 3.05. The van der Waals surface area contributed by atoms with Crippen LogP contribution in [0.5, 0.6) is 0 Å². The summed E-state index contributed by atoms with van der Waals surface area (Å²) in [5.41, 5.74) is 0. The largest absolute Gasteiger partial charge is 0.229 e. The van der Waals surface area contributed by atoms with E-state index in [1.165, 1.54) is 25.7 Å². The van der Waals surface area contributed by atoms with Crippen LogP contribution in [0.4, 0.5) is 0 Å². The Morgan fingerprint density at radius 2 is 2.10 bits per heavy atom. The average Bonchev–Trinajstić information content (AvgIpc) is 1.94. The van der Waals surface area contributed by atoms with Crippen LogP contribution in [-0.2, 0) is 0 Å². The number of hydrogen-bond donors (Lipinski definition) is 0. The maximum atomic E-state index is 4.57. The highest BCUT2D eigenvalue weighted by Gasteiger charge is 2.19. The Labute approximate surface area is 67.5 Å². The number of isothiocyanates is 1. The summed E-state index contributed by atoms with van der Waals surface area (Å²) in [6.45, 7) is 2.25. The molecule has 1 fully saturated rings. The topological polar surface area (TPSA) is 12.4 Å². The molecule has 0 spiro atoms. The van der Waals surface area contributed by atoms with E-state index >= 15 is 0 Å². The van der Waals surface area contributed by atoms with Gasteiger partial charge in [-0.3, -0.25) is 0 Å². The van der Waals surface area contributed by atoms with Crippen LogP contribution in [0.3, 0.4) is 0 Å². The van der Waals surface area contributed by atoms with Gasteiger partial charge in [-0.2, -0.15) is 0 Å². The minimum atomic E-state index is 0.478. The monoisotopic (exact) mass is 155 g/mol. The molecule has 10 heavy (non-hydrogen) atoms. The zero-order chi connectivity index (χ0) is 7.40. The van der Waals surface area contributed by atoms with Crippen molar-refractivity contribution in [1.82, 2.24) is 0 Å². The van der Waals surface area contributed by atoms with Crippen LogP contribution in [0.2, 0.25) is 0 Å². The molecule has 1 nitrogen and oxygen atoms in total. The van der Waals surface area contributed by atoms with E-state index in [0.29, 0.717) is 6.04 Å². The molecule has 1 saturated carbocycles. The molecule has 0 amide bonds. The van der Waals surface area contributed by atoms with Gasteiger partial charge < -0.3 is 0 Å². The molecule has 0 aromatic carbocycles. The summed E-state index contributed by atoms with van der Waals surface area (Å²) in [6.07, 6.45) is 5.20. The van der Waals surface area contributed by atoms with E-state index in [9.17, 15) is 0 Å². The summed E-state index contributed by atoms with van der Waals surface area (Å²) >= 11 is 4.57. The van der Waals surface area contributed by atoms with Gasteiger partial charge in [0.2, 0.25) is 0 Å². The fourth-order valence-electron chi connectivity index (χ4n) is 1.56. The standard InChI is InChI=1S/C8H13NS/c1-7-4-2-3-5-8(7)9-6-10/h7-8H,2-5H2,1H3. The molecule has 56 valence electrons. The van der Waals surface area contributed by atoms with Crippen molar-refractivity contribution < 1.29 is 0 Å². The molecule has 0 bridgehead atoms. The van der Waals surface area contributed by atoms with Crippen LogP contribution in [0.25, 0.3) is 0 Å². The van der Waals surface area contributed by atoms with Crippen molar-refractivity contribution in [2.75, 3.05) is 0 Å². The average molecular weight is 155 g/mol. The van der Waals surface area contributed by atoms with Crippen molar-refractivity contribution in [3.8, 4) is 0 Å². The van der Waals surface area contributed by atoms with Crippen molar-refractivity contribution in [3.05, 3.63) is 0 Å². The molecule has 0 heterocycles. The first-order valence-electron chi connectivity index (χ1n) is 3.91. The third-order valence-corrected chi connectivity index (χ3v) is 2.39. The van der Waals surface area contributed by atoms with Crippen LogP contribution in [0.1, 0.15) is 32.6 Å². The van der Waals surface area contributed by atoms with Crippen molar-refractivity contribution in [3.63, 3.8) is 0 Å². The molecule has 1 rings (SSSR count). The fourth-order valence-corrected chi connectivity index (χ4v) is 1.69. The van der Waals surface area contributed by atoms with E-state index in [4.69, 9.17) is 0 Å². The van der Waals surface area contributed by atoms with E-state index in [0.717, 1.165) is 5.92 Å². The Morgan fingerprint density at radius 1 is 1.40 bits per heavy atom. The van der Waals surface area contributed by atoms with E-state index in [1.807, 2.05) is 0 Å². The van der Waals surface area contributed by atoms with Gasteiger partial charge in [-0.15, -0.1) is 0 Å². The number of rotatable bonds is 1. The third kappa shape index (κ3) is 1.89. The highest BCUT2D eigenvalue weighted by molar-refractivity contribution is 7.78. The van der Waals surface area contributed by atoms with Crippen LogP contribution < -0.4 is 0 Å². The Hall–Kier alpha value is -0.200. The molecule has 0 aromatic rings. The number of thiocarbonyl (C=S) groups is 1. The summed E-state index contributed by atoms with van der Waals surface area (Å²) in [5.74, 6) is 0.726. The number of hydrogen-bond acceptors (Lipinski definition) is 2. The zero-order valence-corrected chi connectivity index (χ0v) is 7.16. The number of aliphatic imine (C=N–C) groups is 1. The minimum absolute atomic E-state index is 0.478. The lowest BCUT2D eigenvalue weighted by Gasteiger charge is -2.23. The molecule has 0 aliphatic heterocycles. The van der Waals surface area contributed by atoms with Crippen LogP contribution in [0.15, 0.2) is 4.99 Å². The molecular formula is C8H13NS. The molecule has 1 aliphatic carbocycles. The first-order chi connectivity index (χ1) is 4.84. The van der Waals surface area contributed by atoms with Crippen molar-refractivity contribution >= 4 is 17.4 Å². The van der Waals surface area contributed by atoms with E-state index in [1.54, 1.807) is 0 Å². The van der Waals surface area contributed by atoms with Crippen molar-refractivity contribution in [2.45, 2.75) is 38.6 Å². The first-order valence-corrected chi connectivity index (χ1v) is 4.32. The lowest BCUT2D eigenvalue weighted by Crippen LogP contribution is -2.19. The van der Waals surface area contributed by atoms with Gasteiger partial charge in [0.1, 0.15) is 0 Å². The smallest absolute Gasteiger partial charge is 0.0628 e. The number of nitrogens with zero attached hydrogens (tertiary/aromatic N) is 1. The van der Waals surface area contributed by atoms with Crippen LogP contribution in [0, 0.1) is 5.92 Å². The van der Waals surface area contributed by atoms with E-state index in [2.05, 4.69) is 29.3 Å². The summed E-state index contributed by atoms with van der Waals surface area (Å²) in [6, 6.07) is 0.478. The summed E-state index contributed by atoms with van der Waals surface area (Å²) in [7, 11) is 0. The van der Waals surface area contributed by atoms with Crippen molar-refractivity contribution in [1.29, 1.82) is 0 Å². The fraction of sp³-hybridized carbons (Fsp3) is 0.875. The van der Waals surface area contributed by atoms with Crippen LogP contribution >= 0.6 is 12.2 Å². The Kier molecular flexibility index (Phi) is 3.04. The summed E-state index contributed by atoms with van der Waals surface area (Å²) < 4.78 is 0.